The summed E-state index contributed by atoms with van der Waals surface area (Å²) in [5.74, 6) is 2.58. The molecule has 7 heteroatoms. The van der Waals surface area contributed by atoms with Crippen LogP contribution in [0.3, 0.4) is 0 Å². The van der Waals surface area contributed by atoms with Gasteiger partial charge < -0.3 is 9.13 Å². The normalized spacial score (nSPS) is 13.6. The molecule has 0 radical (unpaired) electrons. The van der Waals surface area contributed by atoms with Crippen LogP contribution in [0.1, 0.15) is 36.1 Å². The molecule has 15 rings (SSSR count). The Morgan fingerprint density at radius 3 is 1.34 bits per heavy atom. The third-order valence-corrected chi connectivity index (χ3v) is 15.3. The Morgan fingerprint density at radius 2 is 0.822 bits per heavy atom. The lowest BCUT2D eigenvalue weighted by Gasteiger charge is -2.17. The largest absolute Gasteiger partial charge is 0.310 e. The molecular weight excluding hydrogens is 891 g/mol. The maximum Gasteiger partial charge on any atom is 0.163 e. The first-order valence-electron chi connectivity index (χ1n) is 24.9. The van der Waals surface area contributed by atoms with Crippen molar-refractivity contribution in [3.8, 4) is 51.6 Å². The molecule has 342 valence electrons. The number of hydrogen-bond acceptors (Lipinski definition) is 3. The first-order chi connectivity index (χ1) is 36.1. The van der Waals surface area contributed by atoms with Crippen LogP contribution >= 0.6 is 0 Å². The molecule has 9 aromatic carbocycles. The number of nitrogens with zero attached hydrogens (tertiary/aromatic N) is 7. The highest BCUT2D eigenvalue weighted by Crippen LogP contribution is 2.42. The molecule has 0 N–H and O–H groups in total. The summed E-state index contributed by atoms with van der Waals surface area (Å²) in [6.45, 7) is 2.34. The zero-order valence-electron chi connectivity index (χ0n) is 39.8. The third-order valence-electron chi connectivity index (χ3n) is 15.3. The van der Waals surface area contributed by atoms with Gasteiger partial charge >= 0.3 is 0 Å². The van der Waals surface area contributed by atoms with Gasteiger partial charge in [0.1, 0.15) is 11.6 Å². The van der Waals surface area contributed by atoms with Crippen molar-refractivity contribution in [1.29, 1.82) is 5.26 Å². The van der Waals surface area contributed by atoms with Crippen LogP contribution in [-0.2, 0) is 0 Å². The fourth-order valence-corrected chi connectivity index (χ4v) is 12.0. The Balaban J connectivity index is 0.958. The van der Waals surface area contributed by atoms with Crippen molar-refractivity contribution < 1.29 is 0 Å². The summed E-state index contributed by atoms with van der Waals surface area (Å²) in [7, 11) is 0. The van der Waals surface area contributed by atoms with E-state index >= 15 is 0 Å². The molecule has 1 atom stereocenters. The zero-order chi connectivity index (χ0) is 48.3. The third kappa shape index (κ3) is 6.17. The molecular formula is C66H43N7. The smallest absolute Gasteiger partial charge is 0.163 e. The molecule has 0 bridgehead atoms. The van der Waals surface area contributed by atoms with Crippen LogP contribution in [0.25, 0.3) is 128 Å². The van der Waals surface area contributed by atoms with E-state index in [0.717, 1.165) is 89.7 Å². The van der Waals surface area contributed by atoms with Crippen LogP contribution in [0.15, 0.2) is 218 Å². The van der Waals surface area contributed by atoms with E-state index in [4.69, 9.17) is 9.97 Å². The van der Waals surface area contributed by atoms with Crippen molar-refractivity contribution >= 4 is 82.4 Å². The van der Waals surface area contributed by atoms with Gasteiger partial charge in [-0.1, -0.05) is 140 Å². The van der Waals surface area contributed by atoms with Crippen molar-refractivity contribution in [2.24, 2.45) is 0 Å². The minimum Gasteiger partial charge on any atom is -0.310 e. The van der Waals surface area contributed by atoms with Gasteiger partial charge in [-0.3, -0.25) is 9.13 Å². The average molecular weight is 934 g/mol. The summed E-state index contributed by atoms with van der Waals surface area (Å²) in [6.07, 6.45) is 5.67. The molecule has 14 aromatic rings. The van der Waals surface area contributed by atoms with Crippen LogP contribution in [0.2, 0.25) is 0 Å². The van der Waals surface area contributed by atoms with Gasteiger partial charge in [-0.2, -0.15) is 5.26 Å². The van der Waals surface area contributed by atoms with E-state index in [2.05, 4.69) is 231 Å². The molecule has 0 spiro atoms. The molecule has 5 heterocycles. The average Bonchev–Trinajstić information content (AvgIpc) is 4.20. The van der Waals surface area contributed by atoms with Crippen molar-refractivity contribution in [3.63, 3.8) is 0 Å². The van der Waals surface area contributed by atoms with Gasteiger partial charge in [0.2, 0.25) is 0 Å². The molecule has 0 fully saturated rings. The van der Waals surface area contributed by atoms with Crippen LogP contribution < -0.4 is 0 Å². The van der Waals surface area contributed by atoms with Crippen LogP contribution in [0.4, 0.5) is 0 Å². The SMILES string of the molecule is C[C@@H]1CC=Cc2c1c1ccccc1n2-c1ccc2c(c1)c1ccccc1n2-c1cc(-n2c3ccccc3c3cc(-n4c5ccccc5c5ccccc54)ccc32)nc(-c2ccc(-c3ccc(C#N)cc3)cc2)n1. The standard InChI is InChI=1S/C66H43N7/c1-41-13-12-24-62-65(41)52-18-6-11-23-59(52)71(62)47-34-36-61-54(38-47)51-17-5-10-22-58(51)73(61)64-39-63(68-66(69-64)45-31-29-44(30-32-45)43-27-25-42(40-67)26-28-43)72-57-21-9-4-16-50(57)53-37-46(33-35-60(53)72)70-55-19-7-2-14-48(55)49-15-3-8-20-56(49)70/h2-12,14-39,41H,13H2,1H3/t41-/m1/s1. The van der Waals surface area contributed by atoms with Crippen molar-refractivity contribution in [3.05, 3.63) is 235 Å². The molecule has 0 unspecified atom stereocenters. The monoisotopic (exact) mass is 933 g/mol. The number of nitriles is 1. The molecule has 1 aliphatic carbocycles. The second-order valence-corrected chi connectivity index (χ2v) is 19.3. The lowest BCUT2D eigenvalue weighted by molar-refractivity contribution is 0.773. The van der Waals surface area contributed by atoms with Crippen molar-refractivity contribution in [1.82, 2.24) is 28.2 Å². The molecule has 0 saturated carbocycles. The summed E-state index contributed by atoms with van der Waals surface area (Å²) >= 11 is 0. The number of para-hydroxylation sites is 5. The van der Waals surface area contributed by atoms with Crippen LogP contribution in [0.5, 0.6) is 0 Å². The highest BCUT2D eigenvalue weighted by atomic mass is 15.1. The van der Waals surface area contributed by atoms with Gasteiger partial charge in [0.25, 0.3) is 0 Å². The van der Waals surface area contributed by atoms with Crippen LogP contribution in [0, 0.1) is 11.3 Å². The second kappa shape index (κ2) is 15.9. The van der Waals surface area contributed by atoms with E-state index in [1.54, 1.807) is 0 Å². The van der Waals surface area contributed by atoms with Gasteiger partial charge in [-0.15, -0.1) is 0 Å². The number of rotatable bonds is 6. The van der Waals surface area contributed by atoms with Gasteiger partial charge in [-0.05, 0) is 114 Å². The summed E-state index contributed by atoms with van der Waals surface area (Å²) in [5, 5.41) is 17.8. The molecule has 0 amide bonds. The highest BCUT2D eigenvalue weighted by Gasteiger charge is 2.25. The van der Waals surface area contributed by atoms with Crippen molar-refractivity contribution in [2.75, 3.05) is 0 Å². The Bertz CT molecular complexity index is 4610. The molecule has 5 aromatic heterocycles. The van der Waals surface area contributed by atoms with Gasteiger partial charge in [0.15, 0.2) is 5.82 Å². The summed E-state index contributed by atoms with van der Waals surface area (Å²) in [5.41, 5.74) is 16.3. The Kier molecular flexibility index (Phi) is 8.93. The van der Waals surface area contributed by atoms with Crippen LogP contribution in [-0.4, -0.2) is 28.2 Å². The predicted octanol–water partition coefficient (Wildman–Crippen LogP) is 16.4. The van der Waals surface area contributed by atoms with E-state index in [1.165, 1.54) is 44.0 Å². The van der Waals surface area contributed by atoms with E-state index in [0.29, 0.717) is 17.3 Å². The Hall–Kier alpha value is -9.77. The predicted molar refractivity (Wildman–Crippen MR) is 300 cm³/mol. The first-order valence-corrected chi connectivity index (χ1v) is 24.9. The zero-order valence-corrected chi connectivity index (χ0v) is 39.8. The molecule has 73 heavy (non-hydrogen) atoms. The minimum absolute atomic E-state index is 0.432. The van der Waals surface area contributed by atoms with Crippen molar-refractivity contribution in [2.45, 2.75) is 19.3 Å². The van der Waals surface area contributed by atoms with E-state index in [-0.39, 0.29) is 0 Å². The maximum atomic E-state index is 9.46. The fourth-order valence-electron chi connectivity index (χ4n) is 12.0. The number of allylic oxidation sites excluding steroid dienone is 1. The number of benzene rings is 9. The minimum atomic E-state index is 0.432. The molecule has 0 saturated heterocycles. The van der Waals surface area contributed by atoms with E-state index in [1.807, 2.05) is 24.3 Å². The van der Waals surface area contributed by atoms with E-state index in [9.17, 15) is 5.26 Å². The Labute approximate surface area is 420 Å². The van der Waals surface area contributed by atoms with Gasteiger partial charge in [0.05, 0.1) is 50.2 Å². The van der Waals surface area contributed by atoms with Gasteiger partial charge in [-0.25, -0.2) is 9.97 Å². The van der Waals surface area contributed by atoms with E-state index < -0.39 is 0 Å². The number of fused-ring (bicyclic) bond motifs is 12. The maximum absolute atomic E-state index is 9.46. The fraction of sp³-hybridized carbons (Fsp3) is 0.0455. The number of hydrogen-bond donors (Lipinski definition) is 0. The summed E-state index contributed by atoms with van der Waals surface area (Å²) in [4.78, 5) is 11.0. The lowest BCUT2D eigenvalue weighted by Crippen LogP contribution is -2.06. The molecule has 1 aliphatic rings. The molecule has 7 nitrogen and oxygen atoms in total. The molecule has 0 aliphatic heterocycles. The Morgan fingerprint density at radius 1 is 0.411 bits per heavy atom. The quantitative estimate of drug-likeness (QED) is 0.167. The van der Waals surface area contributed by atoms with Gasteiger partial charge in [0, 0.05) is 66.4 Å². The topological polar surface area (TPSA) is 69.3 Å². The first kappa shape index (κ1) is 41.1. The lowest BCUT2D eigenvalue weighted by atomic mass is 9.91. The highest BCUT2D eigenvalue weighted by molar-refractivity contribution is 6.13. The summed E-state index contributed by atoms with van der Waals surface area (Å²) < 4.78 is 9.45. The number of aromatic nitrogens is 6. The summed E-state index contributed by atoms with van der Waals surface area (Å²) in [6, 6.07) is 77.8. The second-order valence-electron chi connectivity index (χ2n) is 19.3.